The van der Waals surface area contributed by atoms with Gasteiger partial charge >= 0.3 is 0 Å². The fraction of sp³-hybridized carbons (Fsp3) is 0.154. The van der Waals surface area contributed by atoms with Crippen LogP contribution in [0.15, 0.2) is 36.7 Å². The number of pyridine rings is 2. The number of H-pyrrole nitrogens is 1. The van der Waals surface area contributed by atoms with Crippen LogP contribution in [0.2, 0.25) is 0 Å². The maximum atomic E-state index is 5.27. The monoisotopic (exact) mass is 256 g/mol. The number of hydrogen-bond donors (Lipinski definition) is 1. The molecule has 0 aliphatic carbocycles. The standard InChI is InChI=1S/C13H12N4S/c1-2-17-12-11(16-13(17)18)4-3-10(15-12)9-5-7-14-8-6-9/h3-8H,2H2,1H3,(H,16,18). The van der Waals surface area contributed by atoms with E-state index in [0.717, 1.165) is 29.0 Å². The van der Waals surface area contributed by atoms with Crippen molar-refractivity contribution in [3.8, 4) is 11.3 Å². The lowest BCUT2D eigenvalue weighted by molar-refractivity contribution is 0.766. The van der Waals surface area contributed by atoms with Gasteiger partial charge in [-0.25, -0.2) is 4.98 Å². The number of aryl methyl sites for hydroxylation is 1. The molecule has 0 bridgehead atoms. The average Bonchev–Trinajstić information content (AvgIpc) is 2.74. The molecule has 0 aliphatic rings. The van der Waals surface area contributed by atoms with Gasteiger partial charge in [-0.3, -0.25) is 4.98 Å². The molecule has 0 saturated carbocycles. The van der Waals surface area contributed by atoms with Gasteiger partial charge in [0.2, 0.25) is 0 Å². The fourth-order valence-electron chi connectivity index (χ4n) is 2.01. The van der Waals surface area contributed by atoms with Crippen LogP contribution < -0.4 is 0 Å². The number of aromatic amines is 1. The summed E-state index contributed by atoms with van der Waals surface area (Å²) in [6.07, 6.45) is 3.54. The average molecular weight is 256 g/mol. The number of nitrogens with zero attached hydrogens (tertiary/aromatic N) is 3. The Morgan fingerprint density at radius 2 is 2.00 bits per heavy atom. The van der Waals surface area contributed by atoms with E-state index in [1.807, 2.05) is 28.8 Å². The smallest absolute Gasteiger partial charge is 0.179 e. The van der Waals surface area contributed by atoms with Gasteiger partial charge in [0.05, 0.1) is 11.2 Å². The summed E-state index contributed by atoms with van der Waals surface area (Å²) in [7, 11) is 0. The van der Waals surface area contributed by atoms with Crippen LogP contribution in [0.3, 0.4) is 0 Å². The van der Waals surface area contributed by atoms with Gasteiger partial charge in [0.1, 0.15) is 0 Å². The molecule has 3 aromatic rings. The molecule has 4 nitrogen and oxygen atoms in total. The van der Waals surface area contributed by atoms with Crippen molar-refractivity contribution in [2.45, 2.75) is 13.5 Å². The van der Waals surface area contributed by atoms with Crippen molar-refractivity contribution in [3.05, 3.63) is 41.4 Å². The normalized spacial score (nSPS) is 10.9. The molecule has 0 radical (unpaired) electrons. The van der Waals surface area contributed by atoms with Crippen molar-refractivity contribution in [3.63, 3.8) is 0 Å². The largest absolute Gasteiger partial charge is 0.329 e. The molecule has 5 heteroatoms. The minimum absolute atomic E-state index is 0.715. The molecule has 90 valence electrons. The van der Waals surface area contributed by atoms with Crippen LogP contribution in [-0.4, -0.2) is 19.5 Å². The molecule has 0 aromatic carbocycles. The highest BCUT2D eigenvalue weighted by molar-refractivity contribution is 7.71. The van der Waals surface area contributed by atoms with Gasteiger partial charge in [0.15, 0.2) is 10.4 Å². The molecule has 0 saturated heterocycles. The van der Waals surface area contributed by atoms with Crippen LogP contribution in [0.5, 0.6) is 0 Å². The Bertz CT molecular complexity index is 743. The number of fused-ring (bicyclic) bond motifs is 1. The Balaban J connectivity index is 2.25. The highest BCUT2D eigenvalue weighted by Gasteiger charge is 2.06. The van der Waals surface area contributed by atoms with Crippen molar-refractivity contribution < 1.29 is 0 Å². The second-order valence-electron chi connectivity index (χ2n) is 3.98. The van der Waals surface area contributed by atoms with Gasteiger partial charge in [-0.1, -0.05) is 0 Å². The van der Waals surface area contributed by atoms with Gasteiger partial charge in [-0.2, -0.15) is 0 Å². The van der Waals surface area contributed by atoms with Gasteiger partial charge in [-0.15, -0.1) is 0 Å². The minimum Gasteiger partial charge on any atom is -0.329 e. The number of aromatic nitrogens is 4. The van der Waals surface area contributed by atoms with Crippen LogP contribution in [0.4, 0.5) is 0 Å². The predicted molar refractivity (Wildman–Crippen MR) is 73.8 cm³/mol. The van der Waals surface area contributed by atoms with Gasteiger partial charge < -0.3 is 9.55 Å². The highest BCUT2D eigenvalue weighted by atomic mass is 32.1. The first-order valence-electron chi connectivity index (χ1n) is 5.79. The van der Waals surface area contributed by atoms with E-state index in [9.17, 15) is 0 Å². The van der Waals surface area contributed by atoms with E-state index >= 15 is 0 Å². The van der Waals surface area contributed by atoms with Crippen LogP contribution in [0, 0.1) is 4.77 Å². The number of rotatable bonds is 2. The van der Waals surface area contributed by atoms with Gasteiger partial charge in [-0.05, 0) is 43.4 Å². The Morgan fingerprint density at radius 1 is 1.22 bits per heavy atom. The lowest BCUT2D eigenvalue weighted by atomic mass is 10.2. The SMILES string of the molecule is CCn1c(=S)[nH]c2ccc(-c3ccncc3)nc21. The molecule has 18 heavy (non-hydrogen) atoms. The van der Waals surface area contributed by atoms with E-state index in [-0.39, 0.29) is 0 Å². The molecule has 0 amide bonds. The molecular formula is C13H12N4S. The molecule has 0 spiro atoms. The van der Waals surface area contributed by atoms with Crippen LogP contribution >= 0.6 is 12.2 Å². The second kappa shape index (κ2) is 4.34. The van der Waals surface area contributed by atoms with E-state index in [2.05, 4.69) is 21.9 Å². The van der Waals surface area contributed by atoms with Crippen molar-refractivity contribution in [1.82, 2.24) is 19.5 Å². The molecule has 1 N–H and O–H groups in total. The topological polar surface area (TPSA) is 46.5 Å². The quantitative estimate of drug-likeness (QED) is 0.716. The summed E-state index contributed by atoms with van der Waals surface area (Å²) >= 11 is 5.27. The van der Waals surface area contributed by atoms with E-state index in [1.54, 1.807) is 12.4 Å². The molecule has 0 atom stereocenters. The second-order valence-corrected chi connectivity index (χ2v) is 4.36. The maximum Gasteiger partial charge on any atom is 0.179 e. The first-order chi connectivity index (χ1) is 8.79. The Hall–Kier alpha value is -2.01. The van der Waals surface area contributed by atoms with Crippen molar-refractivity contribution in [2.24, 2.45) is 0 Å². The van der Waals surface area contributed by atoms with E-state index in [1.165, 1.54) is 0 Å². The third-order valence-electron chi connectivity index (χ3n) is 2.91. The molecule has 3 aromatic heterocycles. The lowest BCUT2D eigenvalue weighted by Crippen LogP contribution is -1.96. The van der Waals surface area contributed by atoms with Crippen molar-refractivity contribution in [1.29, 1.82) is 0 Å². The summed E-state index contributed by atoms with van der Waals surface area (Å²) in [5.74, 6) is 0. The van der Waals surface area contributed by atoms with Crippen molar-refractivity contribution in [2.75, 3.05) is 0 Å². The summed E-state index contributed by atoms with van der Waals surface area (Å²) in [5, 5.41) is 0. The summed E-state index contributed by atoms with van der Waals surface area (Å²) < 4.78 is 2.71. The zero-order valence-electron chi connectivity index (χ0n) is 9.92. The van der Waals surface area contributed by atoms with Crippen LogP contribution in [0.1, 0.15) is 6.92 Å². The summed E-state index contributed by atoms with van der Waals surface area (Å²) in [6, 6.07) is 7.90. The van der Waals surface area contributed by atoms with E-state index in [4.69, 9.17) is 12.2 Å². The highest BCUT2D eigenvalue weighted by Crippen LogP contribution is 2.20. The predicted octanol–water partition coefficient (Wildman–Crippen LogP) is 3.18. The fourth-order valence-corrected chi connectivity index (χ4v) is 2.33. The zero-order chi connectivity index (χ0) is 12.5. The summed E-state index contributed by atoms with van der Waals surface area (Å²) in [5.41, 5.74) is 3.86. The summed E-state index contributed by atoms with van der Waals surface area (Å²) in [6.45, 7) is 2.87. The Labute approximate surface area is 109 Å². The maximum absolute atomic E-state index is 5.27. The Kier molecular flexibility index (Phi) is 2.68. The molecule has 0 unspecified atom stereocenters. The zero-order valence-corrected chi connectivity index (χ0v) is 10.7. The van der Waals surface area contributed by atoms with Gasteiger partial charge in [0.25, 0.3) is 0 Å². The van der Waals surface area contributed by atoms with E-state index in [0.29, 0.717) is 4.77 Å². The minimum atomic E-state index is 0.715. The first kappa shape index (κ1) is 11.1. The lowest BCUT2D eigenvalue weighted by Gasteiger charge is -2.02. The van der Waals surface area contributed by atoms with Crippen molar-refractivity contribution >= 4 is 23.4 Å². The number of nitrogens with one attached hydrogen (secondary N) is 1. The van der Waals surface area contributed by atoms with Crippen LogP contribution in [0.25, 0.3) is 22.4 Å². The summed E-state index contributed by atoms with van der Waals surface area (Å²) in [4.78, 5) is 11.8. The molecule has 0 fully saturated rings. The number of imidazole rings is 1. The van der Waals surface area contributed by atoms with E-state index < -0.39 is 0 Å². The molecule has 0 aliphatic heterocycles. The third-order valence-corrected chi connectivity index (χ3v) is 3.23. The molecule has 3 heterocycles. The molecule has 3 rings (SSSR count). The third kappa shape index (κ3) is 1.73. The van der Waals surface area contributed by atoms with Crippen LogP contribution in [-0.2, 0) is 6.54 Å². The number of hydrogen-bond acceptors (Lipinski definition) is 3. The van der Waals surface area contributed by atoms with Gasteiger partial charge in [0, 0.05) is 24.5 Å². The first-order valence-corrected chi connectivity index (χ1v) is 6.20. The molecular weight excluding hydrogens is 244 g/mol. The Morgan fingerprint density at radius 3 is 2.72 bits per heavy atom.